The summed E-state index contributed by atoms with van der Waals surface area (Å²) in [5.74, 6) is -0.140. The van der Waals surface area contributed by atoms with Crippen LogP contribution in [-0.4, -0.2) is 32.5 Å². The van der Waals surface area contributed by atoms with Crippen molar-refractivity contribution in [3.63, 3.8) is 0 Å². The minimum absolute atomic E-state index is 0.0295. The maximum atomic E-state index is 14.8. The highest BCUT2D eigenvalue weighted by molar-refractivity contribution is 5.95. The third-order valence-corrected chi connectivity index (χ3v) is 6.21. The molecule has 1 fully saturated rings. The number of likely N-dealkylation sites (tertiary alicyclic amines) is 1. The van der Waals surface area contributed by atoms with Crippen LogP contribution >= 0.6 is 0 Å². The van der Waals surface area contributed by atoms with E-state index in [4.69, 9.17) is 14.6 Å². The minimum Gasteiger partial charge on any atom is -0.446 e. The Bertz CT molecular complexity index is 1350. The topological polar surface area (TPSA) is 111 Å². The van der Waals surface area contributed by atoms with Crippen molar-refractivity contribution in [3.8, 4) is 11.5 Å². The van der Waals surface area contributed by atoms with Crippen LogP contribution in [0.5, 0.6) is 0 Å². The van der Waals surface area contributed by atoms with E-state index in [2.05, 4.69) is 15.2 Å². The van der Waals surface area contributed by atoms with Crippen LogP contribution in [-0.2, 0) is 12.0 Å². The highest BCUT2D eigenvalue weighted by Gasteiger charge is 2.34. The quantitative estimate of drug-likeness (QED) is 0.435. The Morgan fingerprint density at radius 2 is 2.03 bits per heavy atom. The first-order valence-corrected chi connectivity index (χ1v) is 11.5. The summed E-state index contributed by atoms with van der Waals surface area (Å²) >= 11 is 0. The van der Waals surface area contributed by atoms with E-state index >= 15 is 0 Å². The van der Waals surface area contributed by atoms with Gasteiger partial charge in [0.25, 0.3) is 11.8 Å². The Kier molecular flexibility index (Phi) is 5.94. The van der Waals surface area contributed by atoms with Crippen molar-refractivity contribution in [1.82, 2.24) is 20.1 Å². The third-order valence-electron chi connectivity index (χ3n) is 6.21. The molecule has 0 spiro atoms. The minimum atomic E-state index is -0.951. The van der Waals surface area contributed by atoms with Crippen LogP contribution in [0.2, 0.25) is 0 Å². The molecule has 5 rings (SSSR count). The molecule has 2 atom stereocenters. The second-order valence-corrected chi connectivity index (χ2v) is 9.17. The number of carbonyl (C=O) groups is 1. The summed E-state index contributed by atoms with van der Waals surface area (Å²) in [5.41, 5.74) is 7.65. The number of nitrogens with zero attached hydrogens (tertiary/aromatic N) is 4. The van der Waals surface area contributed by atoms with Gasteiger partial charge in [0.15, 0.2) is 0 Å². The van der Waals surface area contributed by atoms with E-state index in [9.17, 15) is 9.18 Å². The molecule has 8 nitrogen and oxygen atoms in total. The maximum absolute atomic E-state index is 14.8. The molecule has 35 heavy (non-hydrogen) atoms. The van der Waals surface area contributed by atoms with E-state index in [-0.39, 0.29) is 29.3 Å². The second-order valence-electron chi connectivity index (χ2n) is 9.17. The summed E-state index contributed by atoms with van der Waals surface area (Å²) in [6, 6.07) is 13.6. The van der Waals surface area contributed by atoms with Gasteiger partial charge in [-0.05, 0) is 56.9 Å². The maximum Gasteiger partial charge on any atom is 0.254 e. The van der Waals surface area contributed by atoms with Crippen LogP contribution in [0.1, 0.15) is 59.2 Å². The van der Waals surface area contributed by atoms with Gasteiger partial charge in [-0.25, -0.2) is 9.37 Å². The number of oxazole rings is 1. The molecule has 2 N–H and O–H groups in total. The Hall–Kier alpha value is -3.85. The summed E-state index contributed by atoms with van der Waals surface area (Å²) in [4.78, 5) is 19.4. The number of nitrogens with two attached hydrogens (primary N) is 1. The van der Waals surface area contributed by atoms with Gasteiger partial charge in [0, 0.05) is 12.1 Å². The van der Waals surface area contributed by atoms with E-state index in [1.807, 2.05) is 37.3 Å². The van der Waals surface area contributed by atoms with E-state index in [1.165, 1.54) is 18.2 Å². The van der Waals surface area contributed by atoms with Crippen LogP contribution in [0, 0.1) is 12.7 Å². The molecule has 3 heterocycles. The van der Waals surface area contributed by atoms with E-state index in [0.29, 0.717) is 24.4 Å². The fourth-order valence-corrected chi connectivity index (χ4v) is 4.44. The Morgan fingerprint density at radius 3 is 2.77 bits per heavy atom. The first-order chi connectivity index (χ1) is 16.8. The molecule has 1 aliphatic heterocycles. The van der Waals surface area contributed by atoms with Crippen LogP contribution in [0.4, 0.5) is 4.39 Å². The molecular formula is C26H26FN5O3. The van der Waals surface area contributed by atoms with Crippen molar-refractivity contribution in [2.24, 2.45) is 5.73 Å². The van der Waals surface area contributed by atoms with Crippen molar-refractivity contribution in [1.29, 1.82) is 0 Å². The van der Waals surface area contributed by atoms with Gasteiger partial charge < -0.3 is 19.5 Å². The summed E-state index contributed by atoms with van der Waals surface area (Å²) < 4.78 is 26.1. The smallest absolute Gasteiger partial charge is 0.254 e. The van der Waals surface area contributed by atoms with Gasteiger partial charge in [-0.15, -0.1) is 10.2 Å². The number of benzene rings is 2. The lowest BCUT2D eigenvalue weighted by Crippen LogP contribution is -2.35. The van der Waals surface area contributed by atoms with E-state index in [1.54, 1.807) is 18.1 Å². The molecular weight excluding hydrogens is 449 g/mol. The summed E-state index contributed by atoms with van der Waals surface area (Å²) in [6.07, 6.45) is 3.62. The first kappa shape index (κ1) is 22.9. The lowest BCUT2D eigenvalue weighted by molar-refractivity contribution is 0.0715. The number of aromatic nitrogens is 3. The molecule has 1 amide bonds. The van der Waals surface area contributed by atoms with E-state index in [0.717, 1.165) is 24.1 Å². The average Bonchev–Trinajstić information content (AvgIpc) is 3.60. The Balaban J connectivity index is 1.40. The number of rotatable bonds is 6. The van der Waals surface area contributed by atoms with Crippen LogP contribution in [0.3, 0.4) is 0 Å². The molecule has 0 radical (unpaired) electrons. The van der Waals surface area contributed by atoms with Crippen molar-refractivity contribution in [3.05, 3.63) is 89.2 Å². The first-order valence-electron chi connectivity index (χ1n) is 11.5. The van der Waals surface area contributed by atoms with Crippen molar-refractivity contribution >= 4 is 5.91 Å². The summed E-state index contributed by atoms with van der Waals surface area (Å²) in [5, 5.41) is 8.12. The average molecular weight is 476 g/mol. The monoisotopic (exact) mass is 475 g/mol. The lowest BCUT2D eigenvalue weighted by Gasteiger charge is -2.22. The summed E-state index contributed by atoms with van der Waals surface area (Å²) in [6.45, 7) is 4.18. The molecule has 4 aromatic rings. The number of hydrogen-bond donors (Lipinski definition) is 1. The van der Waals surface area contributed by atoms with Gasteiger partial charge in [-0.3, -0.25) is 4.79 Å². The SMILES string of the molecule is Cc1coc(C2CCCN2C(=O)c2ccc(F)c(-c3nnc(C(C)(N)Cc4ccccc4)o3)c2)n1. The predicted octanol–water partition coefficient (Wildman–Crippen LogP) is 4.57. The van der Waals surface area contributed by atoms with Crippen molar-refractivity contribution in [2.75, 3.05) is 6.54 Å². The van der Waals surface area contributed by atoms with Gasteiger partial charge in [-0.2, -0.15) is 0 Å². The highest BCUT2D eigenvalue weighted by Crippen LogP contribution is 2.34. The fourth-order valence-electron chi connectivity index (χ4n) is 4.44. The molecule has 0 bridgehead atoms. The molecule has 1 saturated heterocycles. The summed E-state index contributed by atoms with van der Waals surface area (Å²) in [7, 11) is 0. The third kappa shape index (κ3) is 4.59. The molecule has 2 unspecified atom stereocenters. The lowest BCUT2D eigenvalue weighted by atomic mass is 9.94. The molecule has 1 aliphatic rings. The molecule has 2 aromatic heterocycles. The standard InChI is InChI=1S/C26H26FN5O3/c1-16-15-34-23(29-16)21-9-6-12-32(21)24(33)18-10-11-20(27)19(13-18)22-30-31-25(35-22)26(2,28)14-17-7-4-3-5-8-17/h3-5,7-8,10-11,13,15,21H,6,9,12,14,28H2,1-2H3. The Morgan fingerprint density at radius 1 is 1.23 bits per heavy atom. The predicted molar refractivity (Wildman–Crippen MR) is 126 cm³/mol. The second kappa shape index (κ2) is 9.07. The largest absolute Gasteiger partial charge is 0.446 e. The van der Waals surface area contributed by atoms with Crippen LogP contribution < -0.4 is 5.73 Å². The number of hydrogen-bond acceptors (Lipinski definition) is 7. The molecule has 180 valence electrons. The zero-order chi connectivity index (χ0) is 24.6. The van der Waals surface area contributed by atoms with Crippen LogP contribution in [0.25, 0.3) is 11.5 Å². The van der Waals surface area contributed by atoms with Gasteiger partial charge in [-0.1, -0.05) is 30.3 Å². The highest BCUT2D eigenvalue weighted by atomic mass is 19.1. The molecule has 0 aliphatic carbocycles. The molecule has 0 saturated carbocycles. The normalized spacial score (nSPS) is 17.5. The number of carbonyl (C=O) groups excluding carboxylic acids is 1. The van der Waals surface area contributed by atoms with Gasteiger partial charge in [0.2, 0.25) is 11.8 Å². The molecule has 9 heteroatoms. The number of aryl methyl sites for hydroxylation is 1. The van der Waals surface area contributed by atoms with Crippen molar-refractivity contribution in [2.45, 2.75) is 44.7 Å². The zero-order valence-electron chi connectivity index (χ0n) is 19.6. The van der Waals surface area contributed by atoms with Gasteiger partial charge >= 0.3 is 0 Å². The fraction of sp³-hybridized carbons (Fsp3) is 0.308. The zero-order valence-corrected chi connectivity index (χ0v) is 19.6. The number of amides is 1. The van der Waals surface area contributed by atoms with Crippen LogP contribution in [0.15, 0.2) is 63.6 Å². The molecule has 2 aromatic carbocycles. The van der Waals surface area contributed by atoms with Gasteiger partial charge in [0.05, 0.1) is 16.8 Å². The Labute approximate surface area is 202 Å². The van der Waals surface area contributed by atoms with Crippen molar-refractivity contribution < 1.29 is 18.0 Å². The van der Waals surface area contributed by atoms with E-state index < -0.39 is 11.4 Å². The van der Waals surface area contributed by atoms with Gasteiger partial charge in [0.1, 0.15) is 18.1 Å². The number of halogens is 1.